The summed E-state index contributed by atoms with van der Waals surface area (Å²) in [5.74, 6) is 0. The van der Waals surface area contributed by atoms with Gasteiger partial charge in [-0.1, -0.05) is 0 Å². The Hall–Kier alpha value is -1.40. The number of nitrogens with one attached hydrogen (secondary N) is 1. The molecule has 5 nitrogen and oxygen atoms in total. The predicted octanol–water partition coefficient (Wildman–Crippen LogP) is 1.24. The summed E-state index contributed by atoms with van der Waals surface area (Å²) < 4.78 is 4.38. The van der Waals surface area contributed by atoms with E-state index in [0.717, 1.165) is 17.8 Å². The summed E-state index contributed by atoms with van der Waals surface area (Å²) >= 11 is 5.13. The molecule has 16 heavy (non-hydrogen) atoms. The van der Waals surface area contributed by atoms with E-state index < -0.39 is 0 Å². The van der Waals surface area contributed by atoms with E-state index in [1.165, 1.54) is 0 Å². The van der Waals surface area contributed by atoms with Gasteiger partial charge in [-0.3, -0.25) is 4.68 Å². The van der Waals surface area contributed by atoms with Crippen molar-refractivity contribution in [1.82, 2.24) is 19.3 Å². The first-order valence-corrected chi connectivity index (χ1v) is 5.48. The van der Waals surface area contributed by atoms with Gasteiger partial charge in [0.25, 0.3) is 0 Å². The van der Waals surface area contributed by atoms with Crippen LogP contribution in [0.5, 0.6) is 0 Å². The first-order valence-electron chi connectivity index (χ1n) is 5.07. The lowest BCUT2D eigenvalue weighted by Gasteiger charge is -2.06. The smallest absolute Gasteiger partial charge is 0.177 e. The highest BCUT2D eigenvalue weighted by Crippen LogP contribution is 2.03. The van der Waals surface area contributed by atoms with Gasteiger partial charge in [-0.25, -0.2) is 0 Å². The molecule has 0 spiro atoms. The van der Waals surface area contributed by atoms with E-state index in [0.29, 0.717) is 11.3 Å². The van der Waals surface area contributed by atoms with Crippen molar-refractivity contribution in [2.45, 2.75) is 26.6 Å². The Balaban J connectivity index is 2.09. The molecule has 0 aliphatic rings. The van der Waals surface area contributed by atoms with Gasteiger partial charge in [0.1, 0.15) is 0 Å². The van der Waals surface area contributed by atoms with E-state index in [1.54, 1.807) is 6.20 Å². The zero-order valence-electron chi connectivity index (χ0n) is 9.05. The van der Waals surface area contributed by atoms with Gasteiger partial charge in [0.15, 0.2) is 4.77 Å². The highest BCUT2D eigenvalue weighted by molar-refractivity contribution is 7.71. The average Bonchev–Trinajstić information content (AvgIpc) is 2.82. The minimum Gasteiger partial charge on any atom is -0.390 e. The SMILES string of the molecule is Cc1cnn(CCn2c(CO)c[nH]c2=S)c1. The second-order valence-corrected chi connectivity index (χ2v) is 4.06. The highest BCUT2D eigenvalue weighted by atomic mass is 32.1. The summed E-state index contributed by atoms with van der Waals surface area (Å²) in [6.07, 6.45) is 5.54. The second kappa shape index (κ2) is 4.63. The largest absolute Gasteiger partial charge is 0.390 e. The number of rotatable bonds is 4. The maximum Gasteiger partial charge on any atom is 0.177 e. The molecule has 2 N–H and O–H groups in total. The van der Waals surface area contributed by atoms with Crippen LogP contribution in [0.3, 0.4) is 0 Å². The van der Waals surface area contributed by atoms with Gasteiger partial charge in [0, 0.05) is 18.9 Å². The Bertz CT molecular complexity index is 525. The summed E-state index contributed by atoms with van der Waals surface area (Å²) in [5.41, 5.74) is 1.94. The number of nitrogens with zero attached hydrogens (tertiary/aromatic N) is 3. The summed E-state index contributed by atoms with van der Waals surface area (Å²) in [6.45, 7) is 3.45. The van der Waals surface area contributed by atoms with Crippen LogP contribution in [0, 0.1) is 11.7 Å². The first-order chi connectivity index (χ1) is 7.70. The molecule has 0 radical (unpaired) electrons. The van der Waals surface area contributed by atoms with Crippen LogP contribution in [-0.4, -0.2) is 24.4 Å². The summed E-state index contributed by atoms with van der Waals surface area (Å²) in [7, 11) is 0. The molecule has 2 rings (SSSR count). The quantitative estimate of drug-likeness (QED) is 0.788. The third-order valence-electron chi connectivity index (χ3n) is 2.43. The molecule has 0 unspecified atom stereocenters. The molecule has 0 aromatic carbocycles. The fourth-order valence-corrected chi connectivity index (χ4v) is 1.87. The topological polar surface area (TPSA) is 58.8 Å². The predicted molar refractivity (Wildman–Crippen MR) is 62.5 cm³/mol. The molecule has 0 saturated carbocycles. The lowest BCUT2D eigenvalue weighted by atomic mass is 10.4. The van der Waals surface area contributed by atoms with Crippen LogP contribution in [0.25, 0.3) is 0 Å². The van der Waals surface area contributed by atoms with Crippen molar-refractivity contribution >= 4 is 12.2 Å². The van der Waals surface area contributed by atoms with Crippen LogP contribution < -0.4 is 0 Å². The van der Waals surface area contributed by atoms with Crippen molar-refractivity contribution in [2.24, 2.45) is 0 Å². The average molecular weight is 238 g/mol. The molecule has 0 fully saturated rings. The van der Waals surface area contributed by atoms with Gasteiger partial charge in [0.05, 0.1) is 25.0 Å². The molecule has 0 aliphatic heterocycles. The monoisotopic (exact) mass is 238 g/mol. The number of aromatic amines is 1. The van der Waals surface area contributed by atoms with Crippen molar-refractivity contribution in [3.8, 4) is 0 Å². The molecule has 2 heterocycles. The van der Waals surface area contributed by atoms with E-state index in [9.17, 15) is 0 Å². The van der Waals surface area contributed by atoms with Crippen LogP contribution in [-0.2, 0) is 19.7 Å². The van der Waals surface area contributed by atoms with Crippen LogP contribution in [0.2, 0.25) is 0 Å². The standard InChI is InChI=1S/C10H14N4OS/c1-8-4-12-13(6-8)2-3-14-9(7-15)5-11-10(14)16/h4-6,15H,2-3,7H2,1H3,(H,11,16). The van der Waals surface area contributed by atoms with E-state index in [1.807, 2.05) is 28.6 Å². The van der Waals surface area contributed by atoms with Crippen LogP contribution in [0.1, 0.15) is 11.3 Å². The third kappa shape index (κ3) is 2.23. The van der Waals surface area contributed by atoms with Crippen LogP contribution in [0.4, 0.5) is 0 Å². The molecule has 2 aromatic rings. The van der Waals surface area contributed by atoms with E-state index in [4.69, 9.17) is 17.3 Å². The zero-order chi connectivity index (χ0) is 11.5. The number of aliphatic hydroxyl groups is 1. The Morgan fingerprint density at radius 2 is 2.31 bits per heavy atom. The maximum absolute atomic E-state index is 9.12. The van der Waals surface area contributed by atoms with Crippen molar-refractivity contribution in [1.29, 1.82) is 0 Å². The van der Waals surface area contributed by atoms with Gasteiger partial charge in [-0.15, -0.1) is 0 Å². The molecule has 86 valence electrons. The van der Waals surface area contributed by atoms with Gasteiger partial charge >= 0.3 is 0 Å². The van der Waals surface area contributed by atoms with Crippen molar-refractivity contribution < 1.29 is 5.11 Å². The molecular formula is C10H14N4OS. The Morgan fingerprint density at radius 1 is 1.50 bits per heavy atom. The van der Waals surface area contributed by atoms with Crippen molar-refractivity contribution in [3.05, 3.63) is 34.6 Å². The van der Waals surface area contributed by atoms with Gasteiger partial charge < -0.3 is 14.7 Å². The number of aryl methyl sites for hydroxylation is 2. The normalized spacial score (nSPS) is 10.9. The maximum atomic E-state index is 9.12. The Labute approximate surface area is 98.3 Å². The van der Waals surface area contributed by atoms with E-state index >= 15 is 0 Å². The highest BCUT2D eigenvalue weighted by Gasteiger charge is 2.03. The van der Waals surface area contributed by atoms with E-state index in [2.05, 4.69) is 10.1 Å². The summed E-state index contributed by atoms with van der Waals surface area (Å²) in [5, 5.41) is 13.3. The molecule has 6 heteroatoms. The van der Waals surface area contributed by atoms with Gasteiger partial charge in [-0.2, -0.15) is 5.10 Å². The van der Waals surface area contributed by atoms with Crippen molar-refractivity contribution in [3.63, 3.8) is 0 Å². The number of aliphatic hydroxyl groups excluding tert-OH is 1. The molecule has 0 atom stereocenters. The minimum atomic E-state index is -0.00866. The minimum absolute atomic E-state index is 0.00866. The number of imidazole rings is 1. The molecular weight excluding hydrogens is 224 g/mol. The molecule has 0 saturated heterocycles. The van der Waals surface area contributed by atoms with Crippen molar-refractivity contribution in [2.75, 3.05) is 0 Å². The van der Waals surface area contributed by atoms with Crippen LogP contribution in [0.15, 0.2) is 18.6 Å². The first kappa shape index (κ1) is 11.1. The zero-order valence-corrected chi connectivity index (χ0v) is 9.87. The van der Waals surface area contributed by atoms with E-state index in [-0.39, 0.29) is 6.61 Å². The lowest BCUT2D eigenvalue weighted by Crippen LogP contribution is -2.10. The number of H-pyrrole nitrogens is 1. The fraction of sp³-hybridized carbons (Fsp3) is 0.400. The summed E-state index contributed by atoms with van der Waals surface area (Å²) in [4.78, 5) is 2.92. The fourth-order valence-electron chi connectivity index (χ4n) is 1.60. The molecule has 0 bridgehead atoms. The van der Waals surface area contributed by atoms with Crippen LogP contribution >= 0.6 is 12.2 Å². The molecule has 0 amide bonds. The Kier molecular flexibility index (Phi) is 3.21. The second-order valence-electron chi connectivity index (χ2n) is 3.68. The van der Waals surface area contributed by atoms with Gasteiger partial charge in [-0.05, 0) is 24.7 Å². The molecule has 2 aromatic heterocycles. The third-order valence-corrected chi connectivity index (χ3v) is 2.77. The number of aromatic nitrogens is 4. The van der Waals surface area contributed by atoms with Gasteiger partial charge in [0.2, 0.25) is 0 Å². The lowest BCUT2D eigenvalue weighted by molar-refractivity contribution is 0.269. The number of hydrogen-bond acceptors (Lipinski definition) is 3. The summed E-state index contributed by atoms with van der Waals surface area (Å²) in [6, 6.07) is 0. The Morgan fingerprint density at radius 3 is 2.94 bits per heavy atom. The molecule has 0 aliphatic carbocycles. The number of hydrogen-bond donors (Lipinski definition) is 2.